The Bertz CT molecular complexity index is 1030. The van der Waals surface area contributed by atoms with E-state index in [2.05, 4.69) is 24.1 Å². The number of nitrogens with one attached hydrogen (secondary N) is 1. The van der Waals surface area contributed by atoms with Crippen LogP contribution in [0.1, 0.15) is 26.4 Å². The van der Waals surface area contributed by atoms with E-state index < -0.39 is 0 Å². The second-order valence-electron chi connectivity index (χ2n) is 7.10. The lowest BCUT2D eigenvalue weighted by atomic mass is 10.0. The Hall–Kier alpha value is -3.15. The highest BCUT2D eigenvalue weighted by Crippen LogP contribution is 2.36. The summed E-state index contributed by atoms with van der Waals surface area (Å²) in [5.74, 6) is 1.81. The topological polar surface area (TPSA) is 69.0 Å². The number of anilines is 1. The SMILES string of the molecule is COc1ccc(-c2nn3c(nc2=O)-c2ccccc2N[C@@H]3CC(C)C)cc1. The molecule has 4 rings (SSSR count). The van der Waals surface area contributed by atoms with Crippen molar-refractivity contribution < 1.29 is 4.74 Å². The van der Waals surface area contributed by atoms with Gasteiger partial charge < -0.3 is 10.1 Å². The summed E-state index contributed by atoms with van der Waals surface area (Å²) >= 11 is 0. The Morgan fingerprint density at radius 1 is 1.15 bits per heavy atom. The van der Waals surface area contributed by atoms with Crippen LogP contribution in [0.2, 0.25) is 0 Å². The van der Waals surface area contributed by atoms with E-state index in [1.165, 1.54) is 0 Å². The Balaban J connectivity index is 1.87. The maximum atomic E-state index is 12.7. The molecular weight excluding hydrogens is 340 g/mol. The smallest absolute Gasteiger partial charge is 0.300 e. The summed E-state index contributed by atoms with van der Waals surface area (Å²) in [4.78, 5) is 17.2. The summed E-state index contributed by atoms with van der Waals surface area (Å²) in [5.41, 5.74) is 2.62. The Labute approximate surface area is 157 Å². The van der Waals surface area contributed by atoms with Crippen LogP contribution in [0.4, 0.5) is 5.69 Å². The molecule has 27 heavy (non-hydrogen) atoms. The van der Waals surface area contributed by atoms with Crippen molar-refractivity contribution in [3.63, 3.8) is 0 Å². The number of methoxy groups -OCH3 is 1. The van der Waals surface area contributed by atoms with E-state index in [0.717, 1.165) is 29.0 Å². The monoisotopic (exact) mass is 362 g/mol. The van der Waals surface area contributed by atoms with Gasteiger partial charge in [0.1, 0.15) is 11.9 Å². The fraction of sp³-hybridized carbons (Fsp3) is 0.286. The van der Waals surface area contributed by atoms with E-state index in [0.29, 0.717) is 17.4 Å². The fourth-order valence-electron chi connectivity index (χ4n) is 3.38. The average Bonchev–Trinajstić information content (AvgIpc) is 2.67. The van der Waals surface area contributed by atoms with Crippen LogP contribution in [0.25, 0.3) is 22.6 Å². The average molecular weight is 362 g/mol. The van der Waals surface area contributed by atoms with Gasteiger partial charge in [0.05, 0.1) is 7.11 Å². The zero-order valence-corrected chi connectivity index (χ0v) is 15.6. The summed E-state index contributed by atoms with van der Waals surface area (Å²) in [6.07, 6.45) is 0.820. The highest BCUT2D eigenvalue weighted by Gasteiger charge is 2.27. The molecule has 0 aliphatic carbocycles. The van der Waals surface area contributed by atoms with Crippen molar-refractivity contribution in [2.75, 3.05) is 12.4 Å². The second-order valence-corrected chi connectivity index (χ2v) is 7.10. The standard InChI is InChI=1S/C21H22N4O2/c1-13(2)12-18-22-17-7-5-4-6-16(17)20-23-21(26)19(24-25(18)20)14-8-10-15(27-3)11-9-14/h4-11,13,18,22H,12H2,1-3H3/t18-/m0/s1. The second kappa shape index (κ2) is 6.87. The largest absolute Gasteiger partial charge is 0.497 e. The van der Waals surface area contributed by atoms with Gasteiger partial charge in [-0.1, -0.05) is 26.0 Å². The van der Waals surface area contributed by atoms with Gasteiger partial charge in [-0.3, -0.25) is 4.79 Å². The molecule has 6 heteroatoms. The number of ether oxygens (including phenoxy) is 1. The van der Waals surface area contributed by atoms with Gasteiger partial charge in [0, 0.05) is 16.8 Å². The molecule has 1 aromatic heterocycles. The number of benzene rings is 2. The van der Waals surface area contributed by atoms with Crippen LogP contribution < -0.4 is 15.6 Å². The lowest BCUT2D eigenvalue weighted by molar-refractivity contribution is 0.398. The summed E-state index contributed by atoms with van der Waals surface area (Å²) < 4.78 is 7.05. The van der Waals surface area contributed by atoms with Gasteiger partial charge in [-0.15, -0.1) is 0 Å². The predicted octanol–water partition coefficient (Wildman–Crippen LogP) is 3.95. The summed E-state index contributed by atoms with van der Waals surface area (Å²) in [6.45, 7) is 4.34. The third-order valence-electron chi connectivity index (χ3n) is 4.68. The highest BCUT2D eigenvalue weighted by molar-refractivity contribution is 5.76. The maximum Gasteiger partial charge on any atom is 0.300 e. The van der Waals surface area contributed by atoms with Gasteiger partial charge >= 0.3 is 0 Å². The molecule has 0 unspecified atom stereocenters. The minimum Gasteiger partial charge on any atom is -0.497 e. The van der Waals surface area contributed by atoms with E-state index in [9.17, 15) is 4.79 Å². The lowest BCUT2D eigenvalue weighted by Gasteiger charge is -2.31. The third kappa shape index (κ3) is 3.18. The summed E-state index contributed by atoms with van der Waals surface area (Å²) in [6, 6.07) is 15.2. The molecule has 0 spiro atoms. The van der Waals surface area contributed by atoms with Gasteiger partial charge in [-0.2, -0.15) is 10.1 Å². The van der Waals surface area contributed by atoms with Gasteiger partial charge in [-0.05, 0) is 48.7 Å². The molecule has 1 atom stereocenters. The number of para-hydroxylation sites is 1. The van der Waals surface area contributed by atoms with Gasteiger partial charge in [0.15, 0.2) is 11.5 Å². The molecule has 6 nitrogen and oxygen atoms in total. The van der Waals surface area contributed by atoms with Crippen molar-refractivity contribution in [2.24, 2.45) is 5.92 Å². The first-order chi connectivity index (χ1) is 13.1. The molecule has 2 heterocycles. The Morgan fingerprint density at radius 2 is 1.89 bits per heavy atom. The van der Waals surface area contributed by atoms with Gasteiger partial charge in [0.2, 0.25) is 0 Å². The number of hydrogen-bond acceptors (Lipinski definition) is 5. The van der Waals surface area contributed by atoms with E-state index in [1.807, 2.05) is 53.2 Å². The molecule has 1 N–H and O–H groups in total. The van der Waals surface area contributed by atoms with Crippen LogP contribution in [0.3, 0.4) is 0 Å². The molecule has 2 aromatic carbocycles. The van der Waals surface area contributed by atoms with Crippen molar-refractivity contribution >= 4 is 5.69 Å². The molecule has 0 amide bonds. The van der Waals surface area contributed by atoms with Crippen LogP contribution in [0, 0.1) is 5.92 Å². The molecular formula is C21H22N4O2. The molecule has 3 aromatic rings. The first-order valence-corrected chi connectivity index (χ1v) is 9.08. The third-order valence-corrected chi connectivity index (χ3v) is 4.68. The minimum atomic E-state index is -0.327. The first-order valence-electron chi connectivity index (χ1n) is 9.08. The number of fused-ring (bicyclic) bond motifs is 3. The molecule has 0 bridgehead atoms. The molecule has 0 saturated carbocycles. The molecule has 1 aliphatic heterocycles. The van der Waals surface area contributed by atoms with Crippen LogP contribution in [-0.4, -0.2) is 21.9 Å². The molecule has 0 fully saturated rings. The molecule has 0 saturated heterocycles. The lowest BCUT2D eigenvalue weighted by Crippen LogP contribution is -2.32. The van der Waals surface area contributed by atoms with E-state index in [-0.39, 0.29) is 11.7 Å². The normalized spacial score (nSPS) is 15.0. The van der Waals surface area contributed by atoms with E-state index in [1.54, 1.807) is 7.11 Å². The van der Waals surface area contributed by atoms with Crippen molar-refractivity contribution in [3.8, 4) is 28.4 Å². The van der Waals surface area contributed by atoms with Gasteiger partial charge in [-0.25, -0.2) is 4.68 Å². The van der Waals surface area contributed by atoms with Crippen molar-refractivity contribution in [1.82, 2.24) is 14.8 Å². The summed E-state index contributed by atoms with van der Waals surface area (Å²) in [7, 11) is 1.61. The number of nitrogens with zero attached hydrogens (tertiary/aromatic N) is 3. The predicted molar refractivity (Wildman–Crippen MR) is 106 cm³/mol. The Kier molecular flexibility index (Phi) is 4.39. The minimum absolute atomic E-state index is 0.0556. The van der Waals surface area contributed by atoms with Crippen molar-refractivity contribution in [2.45, 2.75) is 26.4 Å². The van der Waals surface area contributed by atoms with Crippen LogP contribution in [-0.2, 0) is 0 Å². The zero-order chi connectivity index (χ0) is 19.0. The number of hydrogen-bond donors (Lipinski definition) is 1. The van der Waals surface area contributed by atoms with Gasteiger partial charge in [0.25, 0.3) is 5.56 Å². The molecule has 138 valence electrons. The highest BCUT2D eigenvalue weighted by atomic mass is 16.5. The zero-order valence-electron chi connectivity index (χ0n) is 15.6. The van der Waals surface area contributed by atoms with Crippen LogP contribution in [0.15, 0.2) is 53.3 Å². The Morgan fingerprint density at radius 3 is 2.59 bits per heavy atom. The van der Waals surface area contributed by atoms with E-state index >= 15 is 0 Å². The molecule has 0 radical (unpaired) electrons. The number of rotatable bonds is 4. The van der Waals surface area contributed by atoms with Crippen molar-refractivity contribution in [1.29, 1.82) is 0 Å². The fourth-order valence-corrected chi connectivity index (χ4v) is 3.38. The maximum absolute atomic E-state index is 12.7. The summed E-state index contributed by atoms with van der Waals surface area (Å²) in [5, 5.41) is 8.25. The first kappa shape index (κ1) is 17.3. The quantitative estimate of drug-likeness (QED) is 0.761. The van der Waals surface area contributed by atoms with Crippen LogP contribution >= 0.6 is 0 Å². The molecule has 1 aliphatic rings. The number of aromatic nitrogens is 3. The van der Waals surface area contributed by atoms with E-state index in [4.69, 9.17) is 9.84 Å². The van der Waals surface area contributed by atoms with Crippen molar-refractivity contribution in [3.05, 3.63) is 58.9 Å². The van der Waals surface area contributed by atoms with Crippen LogP contribution in [0.5, 0.6) is 5.75 Å².